The first-order chi connectivity index (χ1) is 16.8. The molecule has 8 nitrogen and oxygen atoms in total. The highest BCUT2D eigenvalue weighted by Gasteiger charge is 2.29. The molecule has 184 valence electrons. The molecule has 1 fully saturated rings. The van der Waals surface area contributed by atoms with Crippen LogP contribution in [0.15, 0.2) is 57.9 Å². The standard InChI is InChI=1S/C25H27FN4O4S/c1-3-24(31)27-25-18(2)28-34-23(25)13-10-19-8-11-20(12-9-19)35(32,33)30-16-14-29(15-17-30)22-7-5-4-6-21(22)26/h4-13H,3,14-17H2,1-2H3,(H,27,31)/b13-10-. The van der Waals surface area contributed by atoms with Gasteiger partial charge in [-0.2, -0.15) is 4.31 Å². The smallest absolute Gasteiger partial charge is 0.243 e. The molecule has 0 radical (unpaired) electrons. The SMILES string of the molecule is CCC(=O)Nc1c(C)noc1/C=C\c1ccc(S(=O)(=O)N2CCN(c3ccccc3F)CC2)cc1. The van der Waals surface area contributed by atoms with E-state index < -0.39 is 10.0 Å². The van der Waals surface area contributed by atoms with Crippen LogP contribution in [-0.2, 0) is 14.8 Å². The fraction of sp³-hybridized carbons (Fsp3) is 0.280. The molecule has 2 aromatic carbocycles. The summed E-state index contributed by atoms with van der Waals surface area (Å²) in [6.45, 7) is 4.86. The summed E-state index contributed by atoms with van der Waals surface area (Å²) in [5.41, 5.74) is 2.33. The minimum atomic E-state index is -3.67. The average molecular weight is 499 g/mol. The van der Waals surface area contributed by atoms with Crippen molar-refractivity contribution >= 4 is 39.5 Å². The minimum absolute atomic E-state index is 0.143. The van der Waals surface area contributed by atoms with Gasteiger partial charge < -0.3 is 14.7 Å². The van der Waals surface area contributed by atoms with E-state index in [-0.39, 0.29) is 29.7 Å². The lowest BCUT2D eigenvalue weighted by atomic mass is 10.2. The van der Waals surface area contributed by atoms with E-state index >= 15 is 0 Å². The number of hydrogen-bond acceptors (Lipinski definition) is 6. The van der Waals surface area contributed by atoms with Crippen LogP contribution in [0.25, 0.3) is 12.2 Å². The highest BCUT2D eigenvalue weighted by molar-refractivity contribution is 7.89. The Hall–Kier alpha value is -3.50. The summed E-state index contributed by atoms with van der Waals surface area (Å²) < 4.78 is 47.0. The van der Waals surface area contributed by atoms with Crippen LogP contribution in [0.1, 0.15) is 30.4 Å². The van der Waals surface area contributed by atoms with Crippen molar-refractivity contribution in [1.29, 1.82) is 0 Å². The summed E-state index contributed by atoms with van der Waals surface area (Å²) in [5, 5.41) is 6.66. The topological polar surface area (TPSA) is 95.8 Å². The number of amides is 1. The normalized spacial score (nSPS) is 15.0. The van der Waals surface area contributed by atoms with Crippen LogP contribution < -0.4 is 10.2 Å². The van der Waals surface area contributed by atoms with E-state index in [1.807, 2.05) is 4.90 Å². The Kier molecular flexibility index (Phi) is 7.32. The summed E-state index contributed by atoms with van der Waals surface area (Å²) in [6.07, 6.45) is 3.77. The number of halogens is 1. The Morgan fingerprint density at radius 2 is 1.77 bits per heavy atom. The number of sulfonamides is 1. The number of para-hydroxylation sites is 1. The third-order valence-electron chi connectivity index (χ3n) is 5.85. The molecule has 1 amide bonds. The maximum atomic E-state index is 14.1. The van der Waals surface area contributed by atoms with Gasteiger partial charge in [0.25, 0.3) is 0 Å². The lowest BCUT2D eigenvalue weighted by Crippen LogP contribution is -2.48. The van der Waals surface area contributed by atoms with Crippen molar-refractivity contribution < 1.29 is 22.1 Å². The number of aryl methyl sites for hydroxylation is 1. The molecule has 0 saturated carbocycles. The first-order valence-electron chi connectivity index (χ1n) is 11.3. The van der Waals surface area contributed by atoms with Crippen molar-refractivity contribution in [2.45, 2.75) is 25.2 Å². The number of piperazine rings is 1. The van der Waals surface area contributed by atoms with Gasteiger partial charge in [-0.25, -0.2) is 12.8 Å². The summed E-state index contributed by atoms with van der Waals surface area (Å²) in [6, 6.07) is 13.0. The molecule has 4 rings (SSSR count). The number of carbonyl (C=O) groups is 1. The number of carbonyl (C=O) groups excluding carboxylic acids is 1. The second-order valence-electron chi connectivity index (χ2n) is 8.15. The van der Waals surface area contributed by atoms with Crippen molar-refractivity contribution in [3.05, 3.63) is 71.4 Å². The quantitative estimate of drug-likeness (QED) is 0.526. The molecule has 1 N–H and O–H groups in total. The van der Waals surface area contributed by atoms with E-state index in [9.17, 15) is 17.6 Å². The first-order valence-corrected chi connectivity index (χ1v) is 12.8. The lowest BCUT2D eigenvalue weighted by molar-refractivity contribution is -0.115. The van der Waals surface area contributed by atoms with Crippen LogP contribution in [0.3, 0.4) is 0 Å². The zero-order valence-electron chi connectivity index (χ0n) is 19.6. The van der Waals surface area contributed by atoms with E-state index in [0.717, 1.165) is 5.56 Å². The highest BCUT2D eigenvalue weighted by Crippen LogP contribution is 2.25. The summed E-state index contributed by atoms with van der Waals surface area (Å²) >= 11 is 0. The van der Waals surface area contributed by atoms with Crippen LogP contribution >= 0.6 is 0 Å². The average Bonchev–Trinajstić information content (AvgIpc) is 3.22. The van der Waals surface area contributed by atoms with Gasteiger partial charge in [0.15, 0.2) is 5.76 Å². The number of nitrogens with zero attached hydrogens (tertiary/aromatic N) is 3. The molecular weight excluding hydrogens is 471 g/mol. The fourth-order valence-electron chi connectivity index (χ4n) is 3.83. The van der Waals surface area contributed by atoms with Crippen LogP contribution in [0.4, 0.5) is 15.8 Å². The maximum Gasteiger partial charge on any atom is 0.243 e. The van der Waals surface area contributed by atoms with E-state index in [0.29, 0.717) is 42.3 Å². The van der Waals surface area contributed by atoms with Crippen LogP contribution in [0.5, 0.6) is 0 Å². The molecule has 0 atom stereocenters. The third-order valence-corrected chi connectivity index (χ3v) is 7.76. The second kappa shape index (κ2) is 10.4. The van der Waals surface area contributed by atoms with Gasteiger partial charge in [0.2, 0.25) is 15.9 Å². The molecule has 0 bridgehead atoms. The van der Waals surface area contributed by atoms with E-state index in [4.69, 9.17) is 4.52 Å². The molecule has 1 aromatic heterocycles. The number of anilines is 2. The molecule has 35 heavy (non-hydrogen) atoms. The molecule has 2 heterocycles. The van der Waals surface area contributed by atoms with E-state index in [2.05, 4.69) is 10.5 Å². The number of nitrogens with one attached hydrogen (secondary N) is 1. The van der Waals surface area contributed by atoms with Crippen LogP contribution in [-0.4, -0.2) is 50.0 Å². The number of aromatic nitrogens is 1. The number of rotatable bonds is 7. The third kappa shape index (κ3) is 5.44. The van der Waals surface area contributed by atoms with E-state index in [1.165, 1.54) is 10.4 Å². The number of hydrogen-bond donors (Lipinski definition) is 1. The minimum Gasteiger partial charge on any atom is -0.367 e. The van der Waals surface area contributed by atoms with Gasteiger partial charge in [-0.1, -0.05) is 42.4 Å². The number of benzene rings is 2. The zero-order valence-corrected chi connectivity index (χ0v) is 20.4. The Labute approximate surface area is 204 Å². The summed E-state index contributed by atoms with van der Waals surface area (Å²) in [4.78, 5) is 13.8. The van der Waals surface area contributed by atoms with Gasteiger partial charge in [-0.15, -0.1) is 0 Å². The fourth-order valence-corrected chi connectivity index (χ4v) is 5.25. The van der Waals surface area contributed by atoms with Crippen molar-refractivity contribution in [3.63, 3.8) is 0 Å². The molecule has 10 heteroatoms. The molecule has 0 aliphatic carbocycles. The predicted octanol–water partition coefficient (Wildman–Crippen LogP) is 4.15. The molecule has 0 spiro atoms. The van der Waals surface area contributed by atoms with Gasteiger partial charge in [0.05, 0.1) is 10.6 Å². The van der Waals surface area contributed by atoms with Crippen molar-refractivity contribution in [2.75, 3.05) is 36.4 Å². The van der Waals surface area contributed by atoms with Crippen LogP contribution in [0, 0.1) is 12.7 Å². The molecule has 3 aromatic rings. The molecule has 1 aliphatic heterocycles. The predicted molar refractivity (Wildman–Crippen MR) is 133 cm³/mol. The van der Waals surface area contributed by atoms with Crippen molar-refractivity contribution in [2.24, 2.45) is 0 Å². The van der Waals surface area contributed by atoms with Crippen LogP contribution in [0.2, 0.25) is 0 Å². The summed E-state index contributed by atoms with van der Waals surface area (Å²) in [7, 11) is -3.67. The molecule has 1 saturated heterocycles. The van der Waals surface area contributed by atoms with Gasteiger partial charge in [0, 0.05) is 32.6 Å². The van der Waals surface area contributed by atoms with Gasteiger partial charge in [-0.05, 0) is 42.8 Å². The summed E-state index contributed by atoms with van der Waals surface area (Å²) in [5.74, 6) is -0.0447. The van der Waals surface area contributed by atoms with Gasteiger partial charge >= 0.3 is 0 Å². The molecule has 0 unspecified atom stereocenters. The first kappa shape index (κ1) is 24.6. The van der Waals surface area contributed by atoms with E-state index in [1.54, 1.807) is 68.5 Å². The Balaban J connectivity index is 1.42. The van der Waals surface area contributed by atoms with Gasteiger partial charge in [-0.3, -0.25) is 4.79 Å². The highest BCUT2D eigenvalue weighted by atomic mass is 32.2. The largest absolute Gasteiger partial charge is 0.367 e. The van der Waals surface area contributed by atoms with Crippen molar-refractivity contribution in [1.82, 2.24) is 9.46 Å². The maximum absolute atomic E-state index is 14.1. The Bertz CT molecular complexity index is 1330. The Morgan fingerprint density at radius 3 is 2.43 bits per heavy atom. The zero-order chi connectivity index (χ0) is 25.0. The lowest BCUT2D eigenvalue weighted by Gasteiger charge is -2.35. The molecule has 1 aliphatic rings. The van der Waals surface area contributed by atoms with Gasteiger partial charge in [0.1, 0.15) is 17.2 Å². The monoisotopic (exact) mass is 498 g/mol. The Morgan fingerprint density at radius 1 is 1.09 bits per heavy atom. The van der Waals surface area contributed by atoms with Crippen molar-refractivity contribution in [3.8, 4) is 0 Å². The molecular formula is C25H27FN4O4S. The second-order valence-corrected chi connectivity index (χ2v) is 10.1.